The number of ether oxygens (including phenoxy) is 1. The van der Waals surface area contributed by atoms with Crippen molar-refractivity contribution in [2.45, 2.75) is 392 Å². The molecule has 77 heavy (non-hydrogen) atoms. The molecule has 0 aliphatic carbocycles. The molecule has 3 N–H and O–H groups in total. The van der Waals surface area contributed by atoms with Gasteiger partial charge in [0.25, 0.3) is 0 Å². The van der Waals surface area contributed by atoms with Crippen LogP contribution in [0.4, 0.5) is 0 Å². The highest BCUT2D eigenvalue weighted by molar-refractivity contribution is 5.76. The summed E-state index contributed by atoms with van der Waals surface area (Å²) in [5, 5.41) is 23.2. The maximum absolute atomic E-state index is 12.5. The first-order chi connectivity index (χ1) is 38.0. The van der Waals surface area contributed by atoms with Crippen LogP contribution in [0.2, 0.25) is 0 Å². The zero-order valence-electron chi connectivity index (χ0n) is 52.0. The van der Waals surface area contributed by atoms with Crippen LogP contribution in [0.5, 0.6) is 0 Å². The van der Waals surface area contributed by atoms with Crippen LogP contribution in [0.15, 0.2) is 36.5 Å². The van der Waals surface area contributed by atoms with Crippen LogP contribution in [0.25, 0.3) is 0 Å². The van der Waals surface area contributed by atoms with E-state index in [1.807, 2.05) is 6.08 Å². The third-order valence-electron chi connectivity index (χ3n) is 16.2. The van der Waals surface area contributed by atoms with Gasteiger partial charge in [-0.2, -0.15) is 0 Å². The Balaban J connectivity index is 3.39. The van der Waals surface area contributed by atoms with Crippen molar-refractivity contribution in [3.8, 4) is 0 Å². The highest BCUT2D eigenvalue weighted by atomic mass is 16.5. The first-order valence-corrected chi connectivity index (χ1v) is 34.8. The van der Waals surface area contributed by atoms with Gasteiger partial charge in [-0.15, -0.1) is 0 Å². The van der Waals surface area contributed by atoms with Crippen molar-refractivity contribution < 1.29 is 24.5 Å². The van der Waals surface area contributed by atoms with Gasteiger partial charge in [0.15, 0.2) is 0 Å². The third kappa shape index (κ3) is 63.1. The third-order valence-corrected chi connectivity index (χ3v) is 16.2. The van der Waals surface area contributed by atoms with Crippen molar-refractivity contribution in [2.75, 3.05) is 13.2 Å². The molecule has 6 heteroatoms. The summed E-state index contributed by atoms with van der Waals surface area (Å²) in [6.07, 6.45) is 85.0. The van der Waals surface area contributed by atoms with E-state index in [-0.39, 0.29) is 18.5 Å². The number of nitrogens with one attached hydrogen (secondary N) is 1. The van der Waals surface area contributed by atoms with Gasteiger partial charge in [-0.25, -0.2) is 0 Å². The van der Waals surface area contributed by atoms with Gasteiger partial charge in [-0.3, -0.25) is 9.59 Å². The SMILES string of the molecule is CCCCCC/C=C\C/C=C\CCCCCCCC(=O)OCCCCCCCCCCCCCCCCCCCCCCCCCCCC(=O)NC(CO)C(O)/C=C/CCCCCCCCCCCCCCCCCCC. The molecule has 0 bridgehead atoms. The van der Waals surface area contributed by atoms with Crippen LogP contribution >= 0.6 is 0 Å². The van der Waals surface area contributed by atoms with E-state index in [1.165, 1.54) is 302 Å². The normalized spacial score (nSPS) is 12.7. The quantitative estimate of drug-likeness (QED) is 0.0320. The van der Waals surface area contributed by atoms with Gasteiger partial charge < -0.3 is 20.3 Å². The topological polar surface area (TPSA) is 95.9 Å². The van der Waals surface area contributed by atoms with Gasteiger partial charge >= 0.3 is 5.97 Å². The van der Waals surface area contributed by atoms with E-state index in [0.29, 0.717) is 19.4 Å². The van der Waals surface area contributed by atoms with E-state index in [2.05, 4.69) is 43.5 Å². The predicted molar refractivity (Wildman–Crippen MR) is 338 cm³/mol. The predicted octanol–water partition coefficient (Wildman–Crippen LogP) is 22.3. The van der Waals surface area contributed by atoms with Gasteiger partial charge in [0.2, 0.25) is 5.91 Å². The van der Waals surface area contributed by atoms with Gasteiger partial charge in [0.05, 0.1) is 25.4 Å². The van der Waals surface area contributed by atoms with Crippen molar-refractivity contribution in [1.29, 1.82) is 0 Å². The minimum Gasteiger partial charge on any atom is -0.466 e. The fraction of sp³-hybridized carbons (Fsp3) is 0.887. The molecule has 0 saturated heterocycles. The molecule has 2 atom stereocenters. The van der Waals surface area contributed by atoms with Crippen molar-refractivity contribution in [3.63, 3.8) is 0 Å². The lowest BCUT2D eigenvalue weighted by atomic mass is 10.0. The van der Waals surface area contributed by atoms with Crippen LogP contribution < -0.4 is 5.32 Å². The number of amides is 1. The van der Waals surface area contributed by atoms with Crippen molar-refractivity contribution in [3.05, 3.63) is 36.5 Å². The summed E-state index contributed by atoms with van der Waals surface area (Å²) in [5.74, 6) is -0.0603. The fourth-order valence-electron chi connectivity index (χ4n) is 10.8. The second kappa shape index (κ2) is 66.6. The molecule has 454 valence electrons. The average molecular weight is 1080 g/mol. The molecule has 6 nitrogen and oxygen atoms in total. The number of rotatable bonds is 65. The van der Waals surface area contributed by atoms with Crippen LogP contribution in [-0.4, -0.2) is 47.4 Å². The first-order valence-electron chi connectivity index (χ1n) is 34.8. The van der Waals surface area contributed by atoms with E-state index in [4.69, 9.17) is 4.74 Å². The Kier molecular flexibility index (Phi) is 64.9. The number of allylic oxidation sites excluding steroid dienone is 5. The molecule has 0 heterocycles. The zero-order valence-corrected chi connectivity index (χ0v) is 52.0. The summed E-state index contributed by atoms with van der Waals surface area (Å²) in [5.41, 5.74) is 0. The Bertz CT molecular complexity index is 1250. The van der Waals surface area contributed by atoms with E-state index >= 15 is 0 Å². The number of hydrogen-bond donors (Lipinski definition) is 3. The fourth-order valence-corrected chi connectivity index (χ4v) is 10.8. The molecule has 1 amide bonds. The van der Waals surface area contributed by atoms with Gasteiger partial charge in [-0.1, -0.05) is 339 Å². The molecule has 0 spiro atoms. The molecule has 0 aromatic carbocycles. The summed E-state index contributed by atoms with van der Waals surface area (Å²) in [6, 6.07) is -0.628. The molecule has 0 radical (unpaired) electrons. The number of unbranched alkanes of at least 4 members (excludes halogenated alkanes) is 50. The Morgan fingerprint density at radius 1 is 0.364 bits per heavy atom. The minimum atomic E-state index is -0.844. The minimum absolute atomic E-state index is 0.00290. The maximum Gasteiger partial charge on any atom is 0.305 e. The molecule has 2 unspecified atom stereocenters. The van der Waals surface area contributed by atoms with Crippen molar-refractivity contribution in [2.24, 2.45) is 0 Å². The largest absolute Gasteiger partial charge is 0.466 e. The zero-order chi connectivity index (χ0) is 55.7. The molecular weight excluding hydrogens is 947 g/mol. The first kappa shape index (κ1) is 75.1. The van der Waals surface area contributed by atoms with Crippen LogP contribution in [0.3, 0.4) is 0 Å². The molecule has 0 aromatic rings. The van der Waals surface area contributed by atoms with Crippen LogP contribution in [0.1, 0.15) is 380 Å². The second-order valence-corrected chi connectivity index (χ2v) is 23.9. The maximum atomic E-state index is 12.5. The number of esters is 1. The van der Waals surface area contributed by atoms with Crippen molar-refractivity contribution >= 4 is 11.9 Å². The number of aliphatic hydroxyl groups is 2. The second-order valence-electron chi connectivity index (χ2n) is 23.9. The highest BCUT2D eigenvalue weighted by Crippen LogP contribution is 2.18. The number of aliphatic hydroxyl groups excluding tert-OH is 2. The van der Waals surface area contributed by atoms with E-state index in [0.717, 1.165) is 51.4 Å². The van der Waals surface area contributed by atoms with Crippen LogP contribution in [-0.2, 0) is 14.3 Å². The molecule has 0 aliphatic heterocycles. The number of carbonyl (C=O) groups is 2. The average Bonchev–Trinajstić information content (AvgIpc) is 3.43. The lowest BCUT2D eigenvalue weighted by molar-refractivity contribution is -0.143. The molecule has 0 saturated carbocycles. The number of carbonyl (C=O) groups excluding carboxylic acids is 2. The van der Waals surface area contributed by atoms with Gasteiger partial charge in [0.1, 0.15) is 0 Å². The van der Waals surface area contributed by atoms with E-state index < -0.39 is 12.1 Å². The monoisotopic (exact) mass is 1080 g/mol. The summed E-state index contributed by atoms with van der Waals surface area (Å²) < 4.78 is 5.49. The Morgan fingerprint density at radius 3 is 1.00 bits per heavy atom. The summed E-state index contributed by atoms with van der Waals surface area (Å²) in [7, 11) is 0. The van der Waals surface area contributed by atoms with Gasteiger partial charge in [-0.05, 0) is 64.2 Å². The van der Waals surface area contributed by atoms with Gasteiger partial charge in [0, 0.05) is 12.8 Å². The Hall–Kier alpha value is -1.92. The standard InChI is InChI=1S/C71H135NO5/c1-3-5-7-9-11-13-15-17-19-21-29-32-35-39-43-47-51-55-59-63-69(74)68(67-73)72-70(75)64-60-56-52-48-44-40-36-33-30-27-25-23-22-24-26-28-31-34-38-42-46-50-54-58-62-66-77-71(76)65-61-57-53-49-45-41-37-20-18-16-14-12-10-8-6-4-2/h14,16,20,37,59,63,68-69,73-74H,3-13,15,17-19,21-36,38-58,60-62,64-67H2,1-2H3,(H,72,75)/b16-14-,37-20-,63-59+. The Labute approximate surface area is 481 Å². The summed E-state index contributed by atoms with van der Waals surface area (Å²) >= 11 is 0. The molecule has 0 aromatic heterocycles. The molecule has 0 aliphatic rings. The lowest BCUT2D eigenvalue weighted by Crippen LogP contribution is -2.45. The summed E-state index contributed by atoms with van der Waals surface area (Å²) in [4.78, 5) is 24.6. The lowest BCUT2D eigenvalue weighted by Gasteiger charge is -2.20. The van der Waals surface area contributed by atoms with Crippen LogP contribution in [0, 0.1) is 0 Å². The molecule has 0 rings (SSSR count). The smallest absolute Gasteiger partial charge is 0.305 e. The highest BCUT2D eigenvalue weighted by Gasteiger charge is 2.18. The summed E-state index contributed by atoms with van der Waals surface area (Å²) in [6.45, 7) is 4.91. The van der Waals surface area contributed by atoms with E-state index in [1.54, 1.807) is 6.08 Å². The van der Waals surface area contributed by atoms with Crippen molar-refractivity contribution in [1.82, 2.24) is 5.32 Å². The molecular formula is C71H135NO5. The Morgan fingerprint density at radius 2 is 0.649 bits per heavy atom. The molecule has 0 fully saturated rings. The number of hydrogen-bond acceptors (Lipinski definition) is 5. The van der Waals surface area contributed by atoms with E-state index in [9.17, 15) is 19.8 Å².